The van der Waals surface area contributed by atoms with Crippen molar-refractivity contribution >= 4 is 40.2 Å². The van der Waals surface area contributed by atoms with Crippen molar-refractivity contribution in [2.75, 3.05) is 39.6 Å². The van der Waals surface area contributed by atoms with Gasteiger partial charge in [0.2, 0.25) is 0 Å². The van der Waals surface area contributed by atoms with Gasteiger partial charge >= 0.3 is 0 Å². The van der Waals surface area contributed by atoms with Gasteiger partial charge in [0.15, 0.2) is 51.8 Å². The number of nitrogens with zero attached hydrogens (tertiary/aromatic N) is 4. The molecule has 118 heavy (non-hydrogen) atoms. The number of hydrogen-bond acceptors (Lipinski definition) is 17. The number of allylic oxidation sites excluding steroid dienone is 4. The molecule has 5 aliphatic carbocycles. The maximum Gasteiger partial charge on any atom is 0.167 e. The fraction of sp³-hybridized carbons (Fsp3) is 0.281. The Morgan fingerprint density at radius 3 is 1.22 bits per heavy atom. The van der Waals surface area contributed by atoms with E-state index in [-0.39, 0.29) is 59.2 Å². The van der Waals surface area contributed by atoms with Crippen molar-refractivity contribution in [3.63, 3.8) is 0 Å². The molecule has 3 aliphatic heterocycles. The Bertz CT molecular complexity index is 5630. The molecule has 0 aromatic heterocycles. The largest absolute Gasteiger partial charge is 0.486 e. The lowest BCUT2D eigenvalue weighted by Crippen LogP contribution is -2.17. The van der Waals surface area contributed by atoms with E-state index in [0.29, 0.717) is 202 Å². The number of halogens is 5. The van der Waals surface area contributed by atoms with Crippen LogP contribution < -0.4 is 28.4 Å². The lowest BCUT2D eigenvalue weighted by molar-refractivity contribution is 0.0946. The van der Waals surface area contributed by atoms with Crippen LogP contribution >= 0.6 is 0 Å². The van der Waals surface area contributed by atoms with Gasteiger partial charge in [-0.2, -0.15) is 0 Å². The number of ketones is 3. The highest BCUT2D eigenvalue weighted by molar-refractivity contribution is 6.20. The summed E-state index contributed by atoms with van der Waals surface area (Å²) in [5, 5.41) is 51.7. The number of rotatable bonds is 17. The van der Waals surface area contributed by atoms with Crippen LogP contribution in [0, 0.1) is 47.8 Å². The van der Waals surface area contributed by atoms with Crippen LogP contribution in [0.15, 0.2) is 227 Å². The quantitative estimate of drug-likeness (QED) is 0.0288. The topological polar surface area (TPSA) is 237 Å². The second-order valence-electron chi connectivity index (χ2n) is 31.2. The van der Waals surface area contributed by atoms with E-state index >= 15 is 0 Å². The van der Waals surface area contributed by atoms with Crippen LogP contribution in [-0.4, -0.2) is 101 Å². The minimum absolute atomic E-state index is 0.0224. The molecule has 9 aromatic rings. The van der Waals surface area contributed by atoms with E-state index in [2.05, 4.69) is 71.2 Å². The van der Waals surface area contributed by atoms with E-state index in [9.17, 15) is 57.2 Å². The highest BCUT2D eigenvalue weighted by Crippen LogP contribution is 2.49. The molecule has 17 rings (SSSR count). The molecule has 0 spiro atoms. The maximum absolute atomic E-state index is 14.3. The van der Waals surface area contributed by atoms with Gasteiger partial charge in [0.25, 0.3) is 0 Å². The van der Waals surface area contributed by atoms with E-state index in [1.165, 1.54) is 91.1 Å². The third kappa shape index (κ3) is 17.5. The summed E-state index contributed by atoms with van der Waals surface area (Å²) in [5.74, 6) is 0.558. The molecular weight excluding hydrogens is 1510 g/mol. The van der Waals surface area contributed by atoms with Gasteiger partial charge in [0.05, 0.1) is 0 Å². The fourth-order valence-electron chi connectivity index (χ4n) is 17.1. The molecule has 606 valence electrons. The first-order valence-corrected chi connectivity index (χ1v) is 39.5. The molecule has 22 heteroatoms. The zero-order valence-electron chi connectivity index (χ0n) is 65.7. The fourth-order valence-corrected chi connectivity index (χ4v) is 17.1. The summed E-state index contributed by atoms with van der Waals surface area (Å²) in [7, 11) is 0. The summed E-state index contributed by atoms with van der Waals surface area (Å²) >= 11 is 0. The Labute approximate surface area is 680 Å². The Balaban J connectivity index is 0.000000131. The summed E-state index contributed by atoms with van der Waals surface area (Å²) < 4.78 is 104. The molecule has 0 amide bonds. The Morgan fingerprint density at radius 2 is 0.797 bits per heavy atom. The van der Waals surface area contributed by atoms with E-state index in [4.69, 9.17) is 28.4 Å². The molecule has 17 nitrogen and oxygen atoms in total. The first-order valence-electron chi connectivity index (χ1n) is 39.5. The minimum atomic E-state index is -0.446. The standard InChI is InChI=1S/C27H21F2NO4.C27H28FNO4.C24H24FNO4.C18H16FNO/c1-15-22(13-18-11-20(29)14-25-27(18)34-8-7-33-25)23-12-17(5-6-21(23)26(15)30-32)24(31)10-16-3-2-4-19(28)9-16;1-16-22(14-19-12-20(28)15-25-27(19)33-10-9-32-25)23-13-18(7-8-21(23)26(16)29-31)24(30)11-17-5-3-2-4-6-17;1-13(2)8-21(27)15-4-5-18-20(10-15)19(14(3)23(18)26-28)11-16-9-17(25)12-22-24(16)30-7-6-29-22;1-11-3-5-13(6-4-11)9-16-12(2)18(20-21)17-10-14(19)7-8-15(16)17/h2-6,9,11-12,14,22,32H,1,7-8,10,13H2;7-8,12-13,15,17,22,31H,1-6,9-11,14H2;4-5,9-10,12-13,19,28H,3,6-8,11H2,1-2H3;3-8,10,16,21H,2,9H2,1H3/b30-26+;29-26+;26-23+;20-18+. The van der Waals surface area contributed by atoms with Crippen molar-refractivity contribution in [3.05, 3.63) is 330 Å². The van der Waals surface area contributed by atoms with Gasteiger partial charge < -0.3 is 49.3 Å². The normalized spacial score (nSPS) is 19.2. The maximum atomic E-state index is 14.3. The molecule has 4 atom stereocenters. The molecule has 0 bridgehead atoms. The second kappa shape index (κ2) is 35.8. The molecule has 1 fully saturated rings. The zero-order valence-corrected chi connectivity index (χ0v) is 65.7. The van der Waals surface area contributed by atoms with Gasteiger partial charge in [-0.05, 0) is 161 Å². The summed E-state index contributed by atoms with van der Waals surface area (Å²) in [4.78, 5) is 38.6. The van der Waals surface area contributed by atoms with Crippen molar-refractivity contribution < 1.29 is 85.6 Å². The number of oxime groups is 4. The lowest BCUT2D eigenvalue weighted by Gasteiger charge is -2.23. The predicted molar refractivity (Wildman–Crippen MR) is 438 cm³/mol. The Kier molecular flexibility index (Phi) is 24.8. The van der Waals surface area contributed by atoms with E-state index in [0.717, 1.165) is 58.2 Å². The van der Waals surface area contributed by atoms with Crippen molar-refractivity contribution in [2.45, 2.75) is 121 Å². The number of Topliss-reactive ketones (excluding diaryl/α,β-unsaturated/α-hetero) is 3. The molecule has 0 saturated heterocycles. The highest BCUT2D eigenvalue weighted by atomic mass is 19.1. The molecule has 0 radical (unpaired) electrons. The van der Waals surface area contributed by atoms with Crippen LogP contribution in [0.4, 0.5) is 22.0 Å². The molecule has 3 heterocycles. The smallest absolute Gasteiger partial charge is 0.167 e. The van der Waals surface area contributed by atoms with E-state index in [1.807, 2.05) is 45.0 Å². The van der Waals surface area contributed by atoms with Crippen LogP contribution in [-0.2, 0) is 32.1 Å². The lowest BCUT2D eigenvalue weighted by atomic mass is 9.84. The highest BCUT2D eigenvalue weighted by Gasteiger charge is 2.39. The van der Waals surface area contributed by atoms with Gasteiger partial charge in [-0.3, -0.25) is 14.4 Å². The van der Waals surface area contributed by atoms with Gasteiger partial charge in [0.1, 0.15) is 91.6 Å². The molecule has 1 saturated carbocycles. The Morgan fingerprint density at radius 1 is 0.398 bits per heavy atom. The zero-order chi connectivity index (χ0) is 83.2. The molecule has 8 aliphatic rings. The monoisotopic (exact) mass is 1600 g/mol. The van der Waals surface area contributed by atoms with Crippen molar-refractivity contribution in [3.8, 4) is 34.5 Å². The summed E-state index contributed by atoms with van der Waals surface area (Å²) in [6, 6.07) is 43.1. The van der Waals surface area contributed by atoms with Crippen LogP contribution in [0.3, 0.4) is 0 Å². The Hall–Kier alpha value is -12.7. The SMILES string of the molecule is C=C1/C(=N\O)c2cc(F)ccc2C1Cc1ccc(C)cc1.C=C1/C(=N\O)c2ccc(C(=O)CC(C)C)cc2C1Cc1cc(F)cc2c1OCCO2.C=C1/C(=N\O)c2ccc(C(=O)CC3CCCCC3)cc2C1Cc1cc(F)cc2c1OCCO2.C=C1/C(=N\O)c2ccc(C(=O)Cc3cccc(F)c3)cc2C1Cc1cc(F)cc2c1OCCO2. The minimum Gasteiger partial charge on any atom is -0.486 e. The third-order valence-electron chi connectivity index (χ3n) is 22.9. The number of fused-ring (bicyclic) bond motifs is 7. The molecular formula is C96H89F5N4O13. The van der Waals surface area contributed by atoms with Crippen LogP contribution in [0.1, 0.15) is 191 Å². The number of hydrogen-bond donors (Lipinski definition) is 4. The second-order valence-corrected chi connectivity index (χ2v) is 31.2. The average Bonchev–Trinajstić information content (AvgIpc) is 1.64. The van der Waals surface area contributed by atoms with Gasteiger partial charge in [-0.15, -0.1) is 0 Å². The van der Waals surface area contributed by atoms with Crippen LogP contribution in [0.25, 0.3) is 0 Å². The summed E-state index contributed by atoms with van der Waals surface area (Å²) in [5.41, 5.74) is 16.9. The first-order chi connectivity index (χ1) is 57.0. The average molecular weight is 1600 g/mol. The number of carbonyl (C=O) groups is 3. The summed E-state index contributed by atoms with van der Waals surface area (Å²) in [6.45, 7) is 24.7. The number of ether oxygens (including phenoxy) is 6. The number of benzene rings is 9. The van der Waals surface area contributed by atoms with E-state index in [1.54, 1.807) is 48.5 Å². The predicted octanol–water partition coefficient (Wildman–Crippen LogP) is 20.2. The first kappa shape index (κ1) is 81.8. The van der Waals surface area contributed by atoms with Crippen LogP contribution in [0.2, 0.25) is 0 Å². The molecule has 4 unspecified atom stereocenters. The van der Waals surface area contributed by atoms with Crippen LogP contribution in [0.5, 0.6) is 34.5 Å². The van der Waals surface area contributed by atoms with Gasteiger partial charge in [0, 0.05) is 117 Å². The summed E-state index contributed by atoms with van der Waals surface area (Å²) in [6.07, 6.45) is 8.81. The van der Waals surface area contributed by atoms with Gasteiger partial charge in [-0.1, -0.05) is 177 Å². The third-order valence-corrected chi connectivity index (χ3v) is 22.9. The van der Waals surface area contributed by atoms with Gasteiger partial charge in [-0.25, -0.2) is 22.0 Å². The van der Waals surface area contributed by atoms with Crippen molar-refractivity contribution in [2.24, 2.45) is 32.5 Å². The van der Waals surface area contributed by atoms with E-state index < -0.39 is 23.3 Å². The number of carbonyl (C=O) groups excluding carboxylic acids is 3. The molecule has 4 N–H and O–H groups in total. The number of aryl methyl sites for hydroxylation is 1. The van der Waals surface area contributed by atoms with Crippen molar-refractivity contribution in [1.29, 1.82) is 0 Å². The molecule has 9 aromatic carbocycles. The van der Waals surface area contributed by atoms with Crippen molar-refractivity contribution in [1.82, 2.24) is 0 Å².